The fourth-order valence-corrected chi connectivity index (χ4v) is 6.01. The molecule has 0 spiro atoms. The fraction of sp³-hybridized carbons (Fsp3) is 0.545. The van der Waals surface area contributed by atoms with Crippen molar-refractivity contribution >= 4 is 24.8 Å². The number of aromatic hydroxyl groups is 1. The van der Waals surface area contributed by atoms with Crippen LogP contribution in [-0.2, 0) is 14.0 Å². The van der Waals surface area contributed by atoms with Crippen molar-refractivity contribution in [2.75, 3.05) is 0 Å². The minimum absolute atomic E-state index is 0. The third kappa shape index (κ3) is 8.66. The summed E-state index contributed by atoms with van der Waals surface area (Å²) < 4.78 is 1.70. The quantitative estimate of drug-likeness (QED) is 0.467. The second-order valence-corrected chi connectivity index (χ2v) is 32.2. The molecule has 1 N–H and O–H groups in total. The maximum atomic E-state index is 9.71. The molecule has 0 bridgehead atoms. The van der Waals surface area contributed by atoms with Gasteiger partial charge in [0, 0.05) is 0 Å². The first-order chi connectivity index (χ1) is 10.6. The van der Waals surface area contributed by atoms with E-state index in [4.69, 9.17) is 0 Å². The van der Waals surface area contributed by atoms with Gasteiger partial charge in [0.05, 0.1) is 0 Å². The Bertz CT molecular complexity index is 651. The molecule has 1 nitrogen and oxygen atoms in total. The summed E-state index contributed by atoms with van der Waals surface area (Å²) >= 11 is -2.61. The Kier molecular flexibility index (Phi) is 9.55. The van der Waals surface area contributed by atoms with E-state index in [2.05, 4.69) is 78.1 Å². The number of allylic oxidation sites excluding steroid dienone is 4. The molecule has 0 radical (unpaired) electrons. The second-order valence-electron chi connectivity index (χ2n) is 11.7. The van der Waals surface area contributed by atoms with E-state index in [1.54, 1.807) is 3.88 Å². The third-order valence-corrected chi connectivity index (χ3v) is 10.3. The Morgan fingerprint density at radius 2 is 1.42 bits per heavy atom. The van der Waals surface area contributed by atoms with E-state index in [-0.39, 0.29) is 24.8 Å². The third-order valence-electron chi connectivity index (χ3n) is 4.72. The van der Waals surface area contributed by atoms with Crippen molar-refractivity contribution in [3.05, 3.63) is 51.4 Å². The maximum absolute atomic E-state index is 9.71. The molecule has 0 atom stereocenters. The van der Waals surface area contributed by atoms with E-state index in [0.717, 1.165) is 5.56 Å². The molecule has 0 saturated carbocycles. The number of phenols is 1. The minimum atomic E-state index is -2.61. The molecule has 152 valence electrons. The second kappa shape index (κ2) is 8.86. The zero-order valence-electron chi connectivity index (χ0n) is 18.1. The molecule has 1 aromatic carbocycles. The van der Waals surface area contributed by atoms with Gasteiger partial charge in [-0.2, -0.15) is 0 Å². The summed E-state index contributed by atoms with van der Waals surface area (Å²) in [7, 11) is 0. The van der Waals surface area contributed by atoms with Gasteiger partial charge in [-0.1, -0.05) is 39.8 Å². The van der Waals surface area contributed by atoms with Crippen LogP contribution >= 0.6 is 24.8 Å². The average Bonchev–Trinajstić information content (AvgIpc) is 2.91. The van der Waals surface area contributed by atoms with Crippen molar-refractivity contribution < 1.29 is 19.1 Å². The van der Waals surface area contributed by atoms with Crippen molar-refractivity contribution in [1.82, 2.24) is 0 Å². The van der Waals surface area contributed by atoms with Crippen LogP contribution in [-0.4, -0.2) is 5.11 Å². The molecule has 1 aliphatic carbocycles. The van der Waals surface area contributed by atoms with E-state index in [9.17, 15) is 5.11 Å². The van der Waals surface area contributed by atoms with Crippen molar-refractivity contribution in [2.24, 2.45) is 0 Å². The molecule has 2 rings (SSSR count). The average molecular weight is 439 g/mol. The van der Waals surface area contributed by atoms with Gasteiger partial charge in [0.2, 0.25) is 0 Å². The van der Waals surface area contributed by atoms with E-state index in [1.165, 1.54) is 12.0 Å². The van der Waals surface area contributed by atoms with Gasteiger partial charge in [-0.3, -0.25) is 0 Å². The Labute approximate surface area is 172 Å². The Morgan fingerprint density at radius 3 is 1.69 bits per heavy atom. The monoisotopic (exact) mass is 438 g/mol. The van der Waals surface area contributed by atoms with Crippen LogP contribution in [0.3, 0.4) is 0 Å². The summed E-state index contributed by atoms with van der Waals surface area (Å²) in [6.07, 6.45) is 7.98. The molecule has 0 saturated heterocycles. The number of hydrogen-bond acceptors (Lipinski definition) is 1. The van der Waals surface area contributed by atoms with Crippen LogP contribution in [0.1, 0.15) is 57.1 Å². The zero-order chi connectivity index (χ0) is 18.8. The molecule has 26 heavy (non-hydrogen) atoms. The van der Waals surface area contributed by atoms with Gasteiger partial charge in [0.25, 0.3) is 0 Å². The van der Waals surface area contributed by atoms with Gasteiger partial charge >= 0.3 is 68.7 Å². The van der Waals surface area contributed by atoms with E-state index in [0.29, 0.717) is 17.6 Å². The van der Waals surface area contributed by atoms with Gasteiger partial charge in [-0.05, 0) is 29.0 Å². The van der Waals surface area contributed by atoms with Crippen LogP contribution in [0.4, 0.5) is 0 Å². The standard InChI is InChI=1S/C12H18O.C5H5.5CH3.2ClH.Ti/c1-8(2)10-5-6-11(9(3)4)12(13)7-10;1-2-4-5-3-1;;;;;;;;/h5-9,13H,1-4H3;1-3H,4H2;5*1H3;2*1H;. The van der Waals surface area contributed by atoms with Gasteiger partial charge < -0.3 is 5.11 Å². The summed E-state index contributed by atoms with van der Waals surface area (Å²) in [6, 6.07) is 6.00. The number of benzene rings is 1. The van der Waals surface area contributed by atoms with Crippen LogP contribution < -0.4 is 0 Å². The van der Waals surface area contributed by atoms with Crippen LogP contribution in [0.25, 0.3) is 0 Å². The molecule has 0 aromatic heterocycles. The van der Waals surface area contributed by atoms with E-state index < -0.39 is 14.0 Å². The molecular formula is C22H40Cl2OTi. The van der Waals surface area contributed by atoms with Crippen molar-refractivity contribution in [1.29, 1.82) is 0 Å². The Balaban J connectivity index is 0. The summed E-state index contributed by atoms with van der Waals surface area (Å²) in [6.45, 7) is 8.43. The van der Waals surface area contributed by atoms with E-state index in [1.807, 2.05) is 12.1 Å². The first-order valence-corrected chi connectivity index (χ1v) is 17.9. The molecule has 0 amide bonds. The molecule has 0 unspecified atom stereocenters. The van der Waals surface area contributed by atoms with Crippen LogP contribution in [0, 0.1) is 0 Å². The Morgan fingerprint density at radius 1 is 0.885 bits per heavy atom. The van der Waals surface area contributed by atoms with Gasteiger partial charge in [-0.15, -0.1) is 24.8 Å². The van der Waals surface area contributed by atoms with Crippen molar-refractivity contribution in [3.63, 3.8) is 0 Å². The molecule has 4 heteroatoms. The summed E-state index contributed by atoms with van der Waals surface area (Å²) in [5.41, 5.74) is 2.23. The first kappa shape index (κ1) is 28.0. The first-order valence-electron chi connectivity index (χ1n) is 9.32. The topological polar surface area (TPSA) is 20.2 Å². The molecule has 0 aliphatic heterocycles. The van der Waals surface area contributed by atoms with E-state index >= 15 is 0 Å². The summed E-state index contributed by atoms with van der Waals surface area (Å²) in [5.74, 6) is 1.30. The number of halogens is 2. The van der Waals surface area contributed by atoms with Gasteiger partial charge in [0.15, 0.2) is 0 Å². The molecule has 1 aromatic rings. The predicted octanol–water partition coefficient (Wildman–Crippen LogP) is 8.78. The van der Waals surface area contributed by atoms with Crippen molar-refractivity contribution in [3.8, 4) is 5.75 Å². The number of hydrogen-bond donors (Lipinski definition) is 1. The fourth-order valence-electron chi connectivity index (χ4n) is 2.78. The normalized spacial score (nSPS) is 15.9. The number of rotatable bonds is 3. The van der Waals surface area contributed by atoms with Gasteiger partial charge in [0.1, 0.15) is 5.75 Å². The zero-order valence-corrected chi connectivity index (χ0v) is 21.3. The van der Waals surface area contributed by atoms with Crippen LogP contribution in [0.2, 0.25) is 26.1 Å². The van der Waals surface area contributed by atoms with Crippen LogP contribution in [0.5, 0.6) is 5.75 Å². The SMILES string of the molecule is CC(C)c1ccc(C(C)C)c(O)c1.Cl.Cl.[CH3][Ti]([CH3])([CH3])([CH3])([CH3])[C]1=CC=CC1. The van der Waals surface area contributed by atoms with Gasteiger partial charge in [-0.25, -0.2) is 0 Å². The molecule has 1 aliphatic rings. The Hall–Kier alpha value is -0.206. The van der Waals surface area contributed by atoms with Crippen LogP contribution in [0.15, 0.2) is 40.3 Å². The molecule has 0 fully saturated rings. The van der Waals surface area contributed by atoms with Crippen molar-refractivity contribution in [2.45, 2.75) is 72.1 Å². The number of phenolic OH excluding ortho intramolecular Hbond substituents is 1. The molecule has 0 heterocycles. The summed E-state index contributed by atoms with van der Waals surface area (Å²) in [4.78, 5) is 0. The molecular weight excluding hydrogens is 399 g/mol. The predicted molar refractivity (Wildman–Crippen MR) is 122 cm³/mol. The summed E-state index contributed by atoms with van der Waals surface area (Å²) in [5, 5.41) is 22.1.